The molecule has 0 aliphatic carbocycles. The second-order valence-corrected chi connectivity index (χ2v) is 26.4. The van der Waals surface area contributed by atoms with Gasteiger partial charge in [0.25, 0.3) is 0 Å². The van der Waals surface area contributed by atoms with E-state index in [9.17, 15) is 9.59 Å². The number of hydrogen-bond donors (Lipinski definition) is 1. The van der Waals surface area contributed by atoms with Crippen molar-refractivity contribution in [2.45, 2.75) is 105 Å². The van der Waals surface area contributed by atoms with Gasteiger partial charge in [0.05, 0.1) is 7.11 Å². The first-order valence-electron chi connectivity index (χ1n) is 16.2. The molecular formula is C35H55BrNO3PS2. The SMILES string of the molecule is CCCCP(Br)(CCCC)(CCCC)CCCNC(=O)CCC(CCC(=O)OC)(Sc1ccccc1)Sc1ccccc1. The zero-order valence-electron chi connectivity index (χ0n) is 27.0. The number of thioether (sulfide) groups is 2. The standard InChI is InChI=1S/C35H55BrNO3PS2/c1-5-8-27-41(36,28-9-6-2,29-10-7-3)30-17-26-37-33(38)22-24-35(25-23-34(39)40-4,42-31-18-13-11-14-19-31)43-32-20-15-12-16-21-32/h11-16,18-21H,5-10,17,22-30H2,1-4H3,(H,37,38). The van der Waals surface area contributed by atoms with Crippen molar-refractivity contribution in [3.63, 3.8) is 0 Å². The van der Waals surface area contributed by atoms with Crippen LogP contribution in [0, 0.1) is 0 Å². The van der Waals surface area contributed by atoms with E-state index >= 15 is 0 Å². The summed E-state index contributed by atoms with van der Waals surface area (Å²) in [6.45, 7) is 7.61. The number of unbranched alkanes of at least 4 members (excludes halogenated alkanes) is 3. The van der Waals surface area contributed by atoms with Crippen LogP contribution in [0.4, 0.5) is 0 Å². The van der Waals surface area contributed by atoms with Gasteiger partial charge in [-0.3, -0.25) is 0 Å². The summed E-state index contributed by atoms with van der Waals surface area (Å²) < 4.78 is 4.62. The molecule has 0 saturated carbocycles. The normalized spacial score (nSPS) is 12.8. The Labute approximate surface area is 278 Å². The van der Waals surface area contributed by atoms with Crippen molar-refractivity contribution in [3.8, 4) is 0 Å². The predicted molar refractivity (Wildman–Crippen MR) is 195 cm³/mol. The molecule has 4 nitrogen and oxygen atoms in total. The van der Waals surface area contributed by atoms with Crippen LogP contribution in [0.15, 0.2) is 70.5 Å². The molecule has 2 aromatic rings. The van der Waals surface area contributed by atoms with E-state index in [0.717, 1.165) is 22.8 Å². The molecule has 0 spiro atoms. The summed E-state index contributed by atoms with van der Waals surface area (Å²) in [6, 6.07) is 20.6. The average molecular weight is 713 g/mol. The summed E-state index contributed by atoms with van der Waals surface area (Å²) in [5.41, 5.74) is 0. The molecule has 0 aliphatic heterocycles. The van der Waals surface area contributed by atoms with Crippen LogP contribution in [0.2, 0.25) is 0 Å². The molecule has 0 bridgehead atoms. The number of halogens is 1. The summed E-state index contributed by atoms with van der Waals surface area (Å²) in [5.74, 6) is -0.128. The molecule has 0 atom stereocenters. The van der Waals surface area contributed by atoms with Gasteiger partial charge in [0, 0.05) is 0 Å². The summed E-state index contributed by atoms with van der Waals surface area (Å²) in [5, 5.41) is 1.29. The van der Waals surface area contributed by atoms with E-state index in [1.807, 2.05) is 36.4 Å². The fraction of sp³-hybridized carbons (Fsp3) is 0.600. The quantitative estimate of drug-likeness (QED) is 0.0409. The van der Waals surface area contributed by atoms with Gasteiger partial charge in [0.15, 0.2) is 0 Å². The molecule has 1 amide bonds. The third-order valence-corrected chi connectivity index (χ3v) is 21.3. The van der Waals surface area contributed by atoms with E-state index in [1.54, 1.807) is 23.5 Å². The van der Waals surface area contributed by atoms with E-state index in [-0.39, 0.29) is 11.9 Å². The third-order valence-electron chi connectivity index (χ3n) is 8.19. The van der Waals surface area contributed by atoms with Crippen molar-refractivity contribution in [2.24, 2.45) is 0 Å². The number of carbonyl (C=O) groups is 2. The van der Waals surface area contributed by atoms with E-state index in [2.05, 4.69) is 65.8 Å². The van der Waals surface area contributed by atoms with Crippen molar-refractivity contribution >= 4 is 56.2 Å². The molecule has 0 aliphatic rings. The Balaban J connectivity index is 2.12. The molecule has 242 valence electrons. The second kappa shape index (κ2) is 20.2. The molecular weight excluding hydrogens is 657 g/mol. The number of rotatable bonds is 23. The van der Waals surface area contributed by atoms with Gasteiger partial charge >= 0.3 is 261 Å². The minimum atomic E-state index is -1.97. The maximum absolute atomic E-state index is 13.3. The first kappa shape index (κ1) is 38.2. The Kier molecular flexibility index (Phi) is 17.9. The summed E-state index contributed by atoms with van der Waals surface area (Å²) in [6.07, 6.45) is 15.8. The molecule has 2 aromatic carbocycles. The van der Waals surface area contributed by atoms with Crippen molar-refractivity contribution in [1.29, 1.82) is 0 Å². The van der Waals surface area contributed by atoms with Gasteiger partial charge in [-0.15, -0.1) is 0 Å². The Bertz CT molecular complexity index is 1010. The van der Waals surface area contributed by atoms with E-state index in [4.69, 9.17) is 4.74 Å². The average Bonchev–Trinajstić information content (AvgIpc) is 3.03. The number of amides is 1. The van der Waals surface area contributed by atoms with Crippen molar-refractivity contribution < 1.29 is 14.3 Å². The van der Waals surface area contributed by atoms with Crippen molar-refractivity contribution in [1.82, 2.24) is 5.32 Å². The van der Waals surface area contributed by atoms with Crippen LogP contribution in [0.3, 0.4) is 0 Å². The number of ether oxygens (including phenoxy) is 1. The Morgan fingerprint density at radius 2 is 1.19 bits per heavy atom. The van der Waals surface area contributed by atoms with Gasteiger partial charge in [-0.2, -0.15) is 0 Å². The Morgan fingerprint density at radius 1 is 0.744 bits per heavy atom. The van der Waals surface area contributed by atoms with Gasteiger partial charge in [-0.05, 0) is 0 Å². The number of hydrogen-bond acceptors (Lipinski definition) is 5. The number of carbonyl (C=O) groups excluding carboxylic acids is 2. The van der Waals surface area contributed by atoms with Crippen LogP contribution in [0.1, 0.15) is 91.4 Å². The zero-order chi connectivity index (χ0) is 31.5. The summed E-state index contributed by atoms with van der Waals surface area (Å²) in [7, 11) is 1.44. The van der Waals surface area contributed by atoms with Gasteiger partial charge in [-0.1, -0.05) is 12.1 Å². The Hall–Kier alpha value is -1.01. The molecule has 2 rings (SSSR count). The molecule has 1 N–H and O–H groups in total. The number of nitrogens with one attached hydrogen (secondary N) is 1. The molecule has 43 heavy (non-hydrogen) atoms. The van der Waals surface area contributed by atoms with Crippen LogP contribution in [-0.2, 0) is 14.3 Å². The molecule has 8 heteroatoms. The molecule has 0 radical (unpaired) electrons. The van der Waals surface area contributed by atoms with Gasteiger partial charge in [0.1, 0.15) is 0 Å². The van der Waals surface area contributed by atoms with Crippen LogP contribution in [0.5, 0.6) is 0 Å². The van der Waals surface area contributed by atoms with E-state index < -0.39 is 9.38 Å². The van der Waals surface area contributed by atoms with Crippen LogP contribution < -0.4 is 5.32 Å². The van der Waals surface area contributed by atoms with Gasteiger partial charge in [0.2, 0.25) is 0 Å². The molecule has 0 unspecified atom stereocenters. The summed E-state index contributed by atoms with van der Waals surface area (Å²) >= 11 is 8.00. The van der Waals surface area contributed by atoms with Crippen molar-refractivity contribution in [3.05, 3.63) is 60.7 Å². The maximum atomic E-state index is 13.3. The Morgan fingerprint density at radius 3 is 1.63 bits per heavy atom. The molecule has 0 fully saturated rings. The monoisotopic (exact) mass is 711 g/mol. The fourth-order valence-electron chi connectivity index (χ4n) is 5.58. The second-order valence-electron chi connectivity index (χ2n) is 11.8. The topological polar surface area (TPSA) is 55.4 Å². The van der Waals surface area contributed by atoms with E-state index in [0.29, 0.717) is 25.7 Å². The molecule has 0 saturated heterocycles. The van der Waals surface area contributed by atoms with Crippen LogP contribution >= 0.6 is 44.3 Å². The van der Waals surface area contributed by atoms with E-state index in [1.165, 1.54) is 70.3 Å². The molecule has 0 aromatic heterocycles. The minimum absolute atomic E-state index is 0.0929. The van der Waals surface area contributed by atoms with Crippen molar-refractivity contribution in [2.75, 3.05) is 38.3 Å². The zero-order valence-corrected chi connectivity index (χ0v) is 31.1. The van der Waals surface area contributed by atoms with Crippen LogP contribution in [-0.4, -0.2) is 54.3 Å². The van der Waals surface area contributed by atoms with Gasteiger partial charge in [-0.25, -0.2) is 0 Å². The number of esters is 1. The van der Waals surface area contributed by atoms with Crippen LogP contribution in [0.25, 0.3) is 0 Å². The summed E-state index contributed by atoms with van der Waals surface area (Å²) in [4.78, 5) is 27.8. The molecule has 0 heterocycles. The third kappa shape index (κ3) is 14.3. The number of methoxy groups -OCH3 is 1. The fourth-order valence-corrected chi connectivity index (χ4v) is 17.2. The first-order valence-corrected chi connectivity index (χ1v) is 22.9. The number of benzene rings is 2. The van der Waals surface area contributed by atoms with Gasteiger partial charge < -0.3 is 0 Å². The first-order chi connectivity index (χ1) is 20.7. The predicted octanol–water partition coefficient (Wildman–Crippen LogP) is 10.8.